The SMILES string of the molecule is NCC1CC2(CNC(=O)O2)C1. The molecule has 0 radical (unpaired) electrons. The van der Waals surface area contributed by atoms with Crippen LogP contribution in [-0.2, 0) is 4.74 Å². The van der Waals surface area contributed by atoms with Crippen molar-refractivity contribution in [3.05, 3.63) is 0 Å². The van der Waals surface area contributed by atoms with Gasteiger partial charge in [-0.05, 0) is 25.3 Å². The molecule has 0 bridgehead atoms. The van der Waals surface area contributed by atoms with Crippen molar-refractivity contribution in [1.82, 2.24) is 5.32 Å². The van der Waals surface area contributed by atoms with Crippen LogP contribution >= 0.6 is 0 Å². The third-order valence-corrected chi connectivity index (χ3v) is 2.52. The van der Waals surface area contributed by atoms with Crippen molar-refractivity contribution < 1.29 is 9.53 Å². The Kier molecular flexibility index (Phi) is 1.32. The highest BCUT2D eigenvalue weighted by Crippen LogP contribution is 2.41. The maximum absolute atomic E-state index is 10.7. The lowest BCUT2D eigenvalue weighted by Crippen LogP contribution is -2.49. The molecule has 2 aliphatic rings. The van der Waals surface area contributed by atoms with Gasteiger partial charge in [0.15, 0.2) is 0 Å². The summed E-state index contributed by atoms with van der Waals surface area (Å²) in [6, 6.07) is 0. The van der Waals surface area contributed by atoms with E-state index in [0.29, 0.717) is 19.0 Å². The van der Waals surface area contributed by atoms with E-state index in [4.69, 9.17) is 10.5 Å². The van der Waals surface area contributed by atoms with Gasteiger partial charge < -0.3 is 15.8 Å². The minimum atomic E-state index is -0.277. The number of hydrogen-bond acceptors (Lipinski definition) is 3. The highest BCUT2D eigenvalue weighted by Gasteiger charge is 2.50. The molecule has 62 valence electrons. The zero-order valence-corrected chi connectivity index (χ0v) is 6.30. The van der Waals surface area contributed by atoms with Gasteiger partial charge in [0.25, 0.3) is 0 Å². The Bertz CT molecular complexity index is 187. The van der Waals surface area contributed by atoms with E-state index >= 15 is 0 Å². The molecule has 1 amide bonds. The van der Waals surface area contributed by atoms with Crippen LogP contribution in [0.4, 0.5) is 4.79 Å². The molecule has 1 aliphatic heterocycles. The van der Waals surface area contributed by atoms with Crippen LogP contribution in [0.2, 0.25) is 0 Å². The average molecular weight is 156 g/mol. The molecule has 1 heterocycles. The van der Waals surface area contributed by atoms with Crippen molar-refractivity contribution in [2.45, 2.75) is 18.4 Å². The maximum atomic E-state index is 10.7. The van der Waals surface area contributed by atoms with Crippen molar-refractivity contribution in [2.75, 3.05) is 13.1 Å². The summed E-state index contributed by atoms with van der Waals surface area (Å²) in [5.74, 6) is 0.558. The third kappa shape index (κ3) is 0.976. The molecule has 0 aromatic rings. The van der Waals surface area contributed by atoms with Gasteiger partial charge in [0.2, 0.25) is 0 Å². The summed E-state index contributed by atoms with van der Waals surface area (Å²) >= 11 is 0. The van der Waals surface area contributed by atoms with Gasteiger partial charge in [-0.2, -0.15) is 0 Å². The van der Waals surface area contributed by atoms with Gasteiger partial charge in [0.1, 0.15) is 5.60 Å². The number of amides is 1. The summed E-state index contributed by atoms with van der Waals surface area (Å²) in [4.78, 5) is 10.7. The molecule has 0 atom stereocenters. The topological polar surface area (TPSA) is 64.3 Å². The molecular formula is C7H12N2O2. The predicted molar refractivity (Wildman–Crippen MR) is 39.0 cm³/mol. The van der Waals surface area contributed by atoms with E-state index < -0.39 is 0 Å². The lowest BCUT2D eigenvalue weighted by Gasteiger charge is -2.41. The van der Waals surface area contributed by atoms with E-state index in [9.17, 15) is 4.79 Å². The van der Waals surface area contributed by atoms with Crippen LogP contribution in [0.15, 0.2) is 0 Å². The number of nitrogens with two attached hydrogens (primary N) is 1. The second-order valence-electron chi connectivity index (χ2n) is 3.44. The van der Waals surface area contributed by atoms with E-state index in [-0.39, 0.29) is 11.7 Å². The summed E-state index contributed by atoms with van der Waals surface area (Å²) in [7, 11) is 0. The number of carbonyl (C=O) groups excluding carboxylic acids is 1. The summed E-state index contributed by atoms with van der Waals surface area (Å²) in [6.45, 7) is 1.38. The number of alkyl carbamates (subject to hydrolysis) is 1. The second kappa shape index (κ2) is 2.11. The Hall–Kier alpha value is -0.770. The predicted octanol–water partition coefficient (Wildman–Crippen LogP) is -0.166. The second-order valence-corrected chi connectivity index (χ2v) is 3.44. The standard InChI is InChI=1S/C7H12N2O2/c8-3-5-1-7(2-5)4-9-6(10)11-7/h5H,1-4,8H2,(H,9,10). The van der Waals surface area contributed by atoms with Crippen molar-refractivity contribution in [3.8, 4) is 0 Å². The molecule has 4 nitrogen and oxygen atoms in total. The minimum Gasteiger partial charge on any atom is -0.441 e. The van der Waals surface area contributed by atoms with Crippen LogP contribution in [0.1, 0.15) is 12.8 Å². The fourth-order valence-electron chi connectivity index (χ4n) is 1.89. The Morgan fingerprint density at radius 1 is 1.73 bits per heavy atom. The van der Waals surface area contributed by atoms with E-state index in [0.717, 1.165) is 12.8 Å². The van der Waals surface area contributed by atoms with Crippen LogP contribution in [0.5, 0.6) is 0 Å². The molecule has 0 aromatic carbocycles. The highest BCUT2D eigenvalue weighted by atomic mass is 16.6. The van der Waals surface area contributed by atoms with Gasteiger partial charge in [-0.1, -0.05) is 0 Å². The summed E-state index contributed by atoms with van der Waals surface area (Å²) in [5.41, 5.74) is 5.28. The van der Waals surface area contributed by atoms with E-state index in [1.807, 2.05) is 0 Å². The van der Waals surface area contributed by atoms with Crippen LogP contribution in [0.25, 0.3) is 0 Å². The van der Waals surface area contributed by atoms with Gasteiger partial charge in [0, 0.05) is 0 Å². The number of nitrogens with one attached hydrogen (secondary N) is 1. The van der Waals surface area contributed by atoms with E-state index in [2.05, 4.69) is 5.32 Å². The third-order valence-electron chi connectivity index (χ3n) is 2.52. The fraction of sp³-hybridized carbons (Fsp3) is 0.857. The van der Waals surface area contributed by atoms with Gasteiger partial charge in [0.05, 0.1) is 6.54 Å². The van der Waals surface area contributed by atoms with Crippen molar-refractivity contribution in [3.63, 3.8) is 0 Å². The van der Waals surface area contributed by atoms with Crippen molar-refractivity contribution in [2.24, 2.45) is 11.7 Å². The van der Waals surface area contributed by atoms with Crippen LogP contribution < -0.4 is 11.1 Å². The minimum absolute atomic E-state index is 0.179. The molecule has 1 aliphatic carbocycles. The van der Waals surface area contributed by atoms with E-state index in [1.54, 1.807) is 0 Å². The first-order valence-electron chi connectivity index (χ1n) is 3.91. The average Bonchev–Trinajstić information content (AvgIpc) is 2.28. The molecular weight excluding hydrogens is 144 g/mol. The zero-order chi connectivity index (χ0) is 7.90. The molecule has 1 saturated carbocycles. The smallest absolute Gasteiger partial charge is 0.407 e. The van der Waals surface area contributed by atoms with Crippen molar-refractivity contribution >= 4 is 6.09 Å². The quantitative estimate of drug-likeness (QED) is 0.554. The number of carbonyl (C=O) groups is 1. The van der Waals surface area contributed by atoms with Gasteiger partial charge in [-0.3, -0.25) is 0 Å². The monoisotopic (exact) mass is 156 g/mol. The lowest BCUT2D eigenvalue weighted by atomic mass is 9.71. The molecule has 0 unspecified atom stereocenters. The molecule has 2 fully saturated rings. The maximum Gasteiger partial charge on any atom is 0.407 e. The zero-order valence-electron chi connectivity index (χ0n) is 6.30. The van der Waals surface area contributed by atoms with Gasteiger partial charge in [-0.15, -0.1) is 0 Å². The number of ether oxygens (including phenoxy) is 1. The molecule has 1 saturated heterocycles. The summed E-state index contributed by atoms with van der Waals surface area (Å²) in [6.07, 6.45) is 1.59. The first-order valence-corrected chi connectivity index (χ1v) is 3.91. The molecule has 0 aromatic heterocycles. The van der Waals surface area contributed by atoms with Gasteiger partial charge >= 0.3 is 6.09 Å². The first kappa shape index (κ1) is 6.91. The molecule has 11 heavy (non-hydrogen) atoms. The largest absolute Gasteiger partial charge is 0.441 e. The fourth-order valence-corrected chi connectivity index (χ4v) is 1.89. The van der Waals surface area contributed by atoms with Gasteiger partial charge in [-0.25, -0.2) is 4.79 Å². The summed E-state index contributed by atoms with van der Waals surface area (Å²) in [5, 5.41) is 2.65. The Balaban J connectivity index is 1.92. The lowest BCUT2D eigenvalue weighted by molar-refractivity contribution is -0.0431. The number of hydrogen-bond donors (Lipinski definition) is 2. The molecule has 3 N–H and O–H groups in total. The first-order chi connectivity index (χ1) is 5.24. The molecule has 2 rings (SSSR count). The summed E-state index contributed by atoms with van der Waals surface area (Å²) < 4.78 is 5.11. The Labute approximate surface area is 65.1 Å². The Morgan fingerprint density at radius 3 is 2.91 bits per heavy atom. The molecule has 1 spiro atoms. The van der Waals surface area contributed by atoms with Crippen LogP contribution in [0, 0.1) is 5.92 Å². The van der Waals surface area contributed by atoms with Crippen molar-refractivity contribution in [1.29, 1.82) is 0 Å². The Morgan fingerprint density at radius 2 is 2.45 bits per heavy atom. The van der Waals surface area contributed by atoms with Crippen LogP contribution in [-0.4, -0.2) is 24.8 Å². The highest BCUT2D eigenvalue weighted by molar-refractivity contribution is 5.70. The van der Waals surface area contributed by atoms with Crippen LogP contribution in [0.3, 0.4) is 0 Å². The number of rotatable bonds is 1. The molecule has 4 heteroatoms. The normalized spacial score (nSPS) is 41.5. The van der Waals surface area contributed by atoms with E-state index in [1.165, 1.54) is 0 Å².